The standard InChI is InChI=1S/C12H18N2O2/c1-8(2)7-14-11-5-4-9(6-10(11)13)12(15)16-3/h4-6,8,14H,7,13H2,1-3H3. The van der Waals surface area contributed by atoms with Crippen molar-refractivity contribution in [1.29, 1.82) is 0 Å². The van der Waals surface area contributed by atoms with Crippen LogP contribution < -0.4 is 11.1 Å². The lowest BCUT2D eigenvalue weighted by atomic mass is 10.1. The van der Waals surface area contributed by atoms with E-state index in [0.717, 1.165) is 12.2 Å². The van der Waals surface area contributed by atoms with Gasteiger partial charge < -0.3 is 15.8 Å². The van der Waals surface area contributed by atoms with Crippen molar-refractivity contribution in [3.63, 3.8) is 0 Å². The predicted octanol–water partition coefficient (Wildman–Crippen LogP) is 2.12. The van der Waals surface area contributed by atoms with Crippen LogP contribution in [0.25, 0.3) is 0 Å². The molecule has 0 unspecified atom stereocenters. The minimum Gasteiger partial charge on any atom is -0.465 e. The van der Waals surface area contributed by atoms with Crippen LogP contribution in [0.3, 0.4) is 0 Å². The van der Waals surface area contributed by atoms with Crippen LogP contribution in [-0.4, -0.2) is 19.6 Å². The number of hydrogen-bond donors (Lipinski definition) is 2. The van der Waals surface area contributed by atoms with Crippen molar-refractivity contribution in [3.05, 3.63) is 23.8 Å². The van der Waals surface area contributed by atoms with E-state index in [-0.39, 0.29) is 5.97 Å². The molecule has 4 nitrogen and oxygen atoms in total. The van der Waals surface area contributed by atoms with Gasteiger partial charge in [0.2, 0.25) is 0 Å². The molecular formula is C12H18N2O2. The Balaban J connectivity index is 2.79. The summed E-state index contributed by atoms with van der Waals surface area (Å²) in [4.78, 5) is 11.2. The van der Waals surface area contributed by atoms with Crippen LogP contribution in [0.15, 0.2) is 18.2 Å². The van der Waals surface area contributed by atoms with Gasteiger partial charge in [-0.2, -0.15) is 0 Å². The molecule has 0 heterocycles. The summed E-state index contributed by atoms with van der Waals surface area (Å²) in [6.45, 7) is 5.08. The van der Waals surface area contributed by atoms with Gasteiger partial charge in [0.1, 0.15) is 0 Å². The van der Waals surface area contributed by atoms with Gasteiger partial charge in [-0.3, -0.25) is 0 Å². The van der Waals surface area contributed by atoms with E-state index in [0.29, 0.717) is 17.2 Å². The maximum atomic E-state index is 11.2. The predicted molar refractivity (Wildman–Crippen MR) is 65.5 cm³/mol. The second kappa shape index (κ2) is 5.39. The number of ether oxygens (including phenoxy) is 1. The molecule has 0 aliphatic carbocycles. The number of rotatable bonds is 4. The third kappa shape index (κ3) is 3.15. The molecule has 0 radical (unpaired) electrons. The number of methoxy groups -OCH3 is 1. The summed E-state index contributed by atoms with van der Waals surface area (Å²) in [5.41, 5.74) is 7.70. The number of nitrogen functional groups attached to an aromatic ring is 1. The fourth-order valence-corrected chi connectivity index (χ4v) is 1.28. The summed E-state index contributed by atoms with van der Waals surface area (Å²) in [6, 6.07) is 5.11. The van der Waals surface area contributed by atoms with Crippen LogP contribution in [0, 0.1) is 5.92 Å². The molecule has 0 aliphatic heterocycles. The quantitative estimate of drug-likeness (QED) is 0.605. The highest BCUT2D eigenvalue weighted by atomic mass is 16.5. The lowest BCUT2D eigenvalue weighted by Crippen LogP contribution is -2.10. The molecule has 4 heteroatoms. The molecule has 88 valence electrons. The first-order chi connectivity index (χ1) is 7.54. The molecular weight excluding hydrogens is 204 g/mol. The highest BCUT2D eigenvalue weighted by Gasteiger charge is 2.07. The zero-order valence-corrected chi connectivity index (χ0v) is 9.91. The van der Waals surface area contributed by atoms with Gasteiger partial charge in [0.25, 0.3) is 0 Å². The number of benzene rings is 1. The first-order valence-corrected chi connectivity index (χ1v) is 5.26. The maximum absolute atomic E-state index is 11.2. The molecule has 0 fully saturated rings. The number of carbonyl (C=O) groups excluding carboxylic acids is 1. The van der Waals surface area contributed by atoms with Crippen LogP contribution in [0.4, 0.5) is 11.4 Å². The Morgan fingerprint density at radius 1 is 1.50 bits per heavy atom. The van der Waals surface area contributed by atoms with Crippen molar-refractivity contribution in [2.45, 2.75) is 13.8 Å². The molecule has 0 amide bonds. The van der Waals surface area contributed by atoms with E-state index < -0.39 is 0 Å². The number of hydrogen-bond acceptors (Lipinski definition) is 4. The number of nitrogens with two attached hydrogens (primary N) is 1. The molecule has 1 rings (SSSR count). The number of carbonyl (C=O) groups is 1. The largest absolute Gasteiger partial charge is 0.465 e. The van der Waals surface area contributed by atoms with E-state index in [1.54, 1.807) is 18.2 Å². The third-order valence-electron chi connectivity index (χ3n) is 2.17. The van der Waals surface area contributed by atoms with E-state index in [9.17, 15) is 4.79 Å². The van der Waals surface area contributed by atoms with Crippen LogP contribution in [0.5, 0.6) is 0 Å². The summed E-state index contributed by atoms with van der Waals surface area (Å²) in [5, 5.41) is 3.22. The summed E-state index contributed by atoms with van der Waals surface area (Å²) in [5.74, 6) is 0.168. The lowest BCUT2D eigenvalue weighted by molar-refractivity contribution is 0.0601. The SMILES string of the molecule is COC(=O)c1ccc(NCC(C)C)c(N)c1. The number of nitrogens with one attached hydrogen (secondary N) is 1. The summed E-state index contributed by atoms with van der Waals surface area (Å²) in [6.07, 6.45) is 0. The summed E-state index contributed by atoms with van der Waals surface area (Å²) in [7, 11) is 1.35. The molecule has 0 atom stereocenters. The van der Waals surface area contributed by atoms with Gasteiger partial charge in [-0.05, 0) is 24.1 Å². The summed E-state index contributed by atoms with van der Waals surface area (Å²) < 4.78 is 4.61. The van der Waals surface area contributed by atoms with E-state index >= 15 is 0 Å². The maximum Gasteiger partial charge on any atom is 0.337 e. The minimum absolute atomic E-state index is 0.373. The highest BCUT2D eigenvalue weighted by molar-refractivity contribution is 5.91. The Hall–Kier alpha value is -1.71. The van der Waals surface area contributed by atoms with Crippen molar-refractivity contribution in [2.75, 3.05) is 24.7 Å². The summed E-state index contributed by atoms with van der Waals surface area (Å²) >= 11 is 0. The Kier molecular flexibility index (Phi) is 4.17. The van der Waals surface area contributed by atoms with Gasteiger partial charge in [0.15, 0.2) is 0 Å². The van der Waals surface area contributed by atoms with Gasteiger partial charge in [0.05, 0.1) is 24.0 Å². The molecule has 0 bridgehead atoms. The normalized spacial score (nSPS) is 10.2. The molecule has 0 aliphatic rings. The molecule has 0 spiro atoms. The minimum atomic E-state index is -0.373. The zero-order valence-electron chi connectivity index (χ0n) is 9.91. The van der Waals surface area contributed by atoms with E-state index in [2.05, 4.69) is 23.9 Å². The molecule has 0 saturated carbocycles. The molecule has 0 saturated heterocycles. The van der Waals surface area contributed by atoms with Crippen molar-refractivity contribution >= 4 is 17.3 Å². The van der Waals surface area contributed by atoms with E-state index in [4.69, 9.17) is 5.73 Å². The van der Waals surface area contributed by atoms with Gasteiger partial charge in [-0.1, -0.05) is 13.8 Å². The number of esters is 1. The van der Waals surface area contributed by atoms with Crippen molar-refractivity contribution < 1.29 is 9.53 Å². The third-order valence-corrected chi connectivity index (χ3v) is 2.17. The first-order valence-electron chi connectivity index (χ1n) is 5.26. The van der Waals surface area contributed by atoms with Crippen molar-refractivity contribution in [2.24, 2.45) is 5.92 Å². The van der Waals surface area contributed by atoms with Crippen LogP contribution in [-0.2, 0) is 4.74 Å². The topological polar surface area (TPSA) is 64.3 Å². The smallest absolute Gasteiger partial charge is 0.337 e. The molecule has 1 aromatic carbocycles. The fourth-order valence-electron chi connectivity index (χ4n) is 1.28. The van der Waals surface area contributed by atoms with Gasteiger partial charge in [-0.15, -0.1) is 0 Å². The Labute approximate surface area is 95.8 Å². The Bertz CT molecular complexity index is 375. The van der Waals surface area contributed by atoms with Crippen molar-refractivity contribution in [3.8, 4) is 0 Å². The van der Waals surface area contributed by atoms with Crippen LogP contribution in [0.1, 0.15) is 24.2 Å². The van der Waals surface area contributed by atoms with Gasteiger partial charge in [0, 0.05) is 6.54 Å². The Morgan fingerprint density at radius 3 is 2.69 bits per heavy atom. The first kappa shape index (κ1) is 12.4. The number of anilines is 2. The van der Waals surface area contributed by atoms with Gasteiger partial charge >= 0.3 is 5.97 Å². The lowest BCUT2D eigenvalue weighted by Gasteiger charge is -2.12. The average molecular weight is 222 g/mol. The molecule has 1 aromatic rings. The van der Waals surface area contributed by atoms with Crippen LogP contribution in [0.2, 0.25) is 0 Å². The van der Waals surface area contributed by atoms with E-state index in [1.807, 2.05) is 0 Å². The van der Waals surface area contributed by atoms with E-state index in [1.165, 1.54) is 7.11 Å². The van der Waals surface area contributed by atoms with Crippen LogP contribution >= 0.6 is 0 Å². The molecule has 16 heavy (non-hydrogen) atoms. The fraction of sp³-hybridized carbons (Fsp3) is 0.417. The van der Waals surface area contributed by atoms with Gasteiger partial charge in [-0.25, -0.2) is 4.79 Å². The monoisotopic (exact) mass is 222 g/mol. The second-order valence-corrected chi connectivity index (χ2v) is 4.07. The second-order valence-electron chi connectivity index (χ2n) is 4.07. The molecule has 0 aromatic heterocycles. The highest BCUT2D eigenvalue weighted by Crippen LogP contribution is 2.20. The van der Waals surface area contributed by atoms with Crippen molar-refractivity contribution in [1.82, 2.24) is 0 Å². The zero-order chi connectivity index (χ0) is 12.1. The molecule has 3 N–H and O–H groups in total. The Morgan fingerprint density at radius 2 is 2.19 bits per heavy atom. The average Bonchev–Trinajstić information content (AvgIpc) is 2.26.